The number of pyridine rings is 1. The Morgan fingerprint density at radius 3 is 3.00 bits per heavy atom. The predicted molar refractivity (Wildman–Crippen MR) is 78.6 cm³/mol. The maximum atomic E-state index is 11.9. The Labute approximate surface area is 114 Å². The quantitative estimate of drug-likeness (QED) is 0.796. The van der Waals surface area contributed by atoms with Gasteiger partial charge in [0, 0.05) is 35.3 Å². The van der Waals surface area contributed by atoms with Gasteiger partial charge in [0.15, 0.2) is 0 Å². The van der Waals surface area contributed by atoms with Crippen LogP contribution in [0.3, 0.4) is 0 Å². The molecule has 0 aliphatic heterocycles. The Balaban J connectivity index is 2.03. The first kappa shape index (κ1) is 11.9. The molecule has 0 fully saturated rings. The molecule has 3 aromatic rings. The summed E-state index contributed by atoms with van der Waals surface area (Å²) in [4.78, 5) is 17.1. The second-order valence-corrected chi connectivity index (χ2v) is 5.26. The van der Waals surface area contributed by atoms with Crippen LogP contribution in [-0.2, 0) is 13.6 Å². The molecular weight excluding hydrogens is 258 g/mol. The van der Waals surface area contributed by atoms with Crippen molar-refractivity contribution in [3.05, 3.63) is 57.3 Å². The predicted octanol–water partition coefficient (Wildman–Crippen LogP) is 2.61. The number of hydrogen-bond donors (Lipinski definition) is 1. The van der Waals surface area contributed by atoms with E-state index < -0.39 is 0 Å². The molecule has 0 aliphatic carbocycles. The largest absolute Gasteiger partial charge is 0.379 e. The number of para-hydroxylation sites is 1. The zero-order valence-corrected chi connectivity index (χ0v) is 11.3. The van der Waals surface area contributed by atoms with Crippen molar-refractivity contribution in [2.24, 2.45) is 7.05 Å². The van der Waals surface area contributed by atoms with Gasteiger partial charge in [0.1, 0.15) is 0 Å². The van der Waals surface area contributed by atoms with Crippen molar-refractivity contribution in [2.45, 2.75) is 6.54 Å². The molecule has 1 N–H and O–H groups in total. The fourth-order valence-corrected chi connectivity index (χ4v) is 2.60. The van der Waals surface area contributed by atoms with Crippen molar-refractivity contribution in [1.29, 1.82) is 0 Å². The van der Waals surface area contributed by atoms with Gasteiger partial charge >= 0.3 is 0 Å². The van der Waals surface area contributed by atoms with Crippen LogP contribution < -0.4 is 10.9 Å². The molecule has 0 spiro atoms. The number of benzene rings is 1. The molecule has 5 heteroatoms. The van der Waals surface area contributed by atoms with E-state index in [0.717, 1.165) is 21.5 Å². The van der Waals surface area contributed by atoms with Crippen LogP contribution in [-0.4, -0.2) is 9.55 Å². The Morgan fingerprint density at radius 1 is 1.37 bits per heavy atom. The normalized spacial score (nSPS) is 10.8. The van der Waals surface area contributed by atoms with E-state index in [2.05, 4.69) is 10.3 Å². The molecule has 0 unspecified atom stereocenters. The number of nitrogens with one attached hydrogen (secondary N) is 1. The molecule has 0 saturated heterocycles. The number of thiazole rings is 1. The van der Waals surface area contributed by atoms with E-state index in [1.54, 1.807) is 34.5 Å². The second kappa shape index (κ2) is 4.85. The van der Waals surface area contributed by atoms with E-state index in [0.29, 0.717) is 6.54 Å². The molecule has 0 saturated carbocycles. The van der Waals surface area contributed by atoms with Crippen molar-refractivity contribution in [2.75, 3.05) is 5.32 Å². The second-order valence-electron chi connectivity index (χ2n) is 4.29. The summed E-state index contributed by atoms with van der Waals surface area (Å²) in [6.07, 6.45) is 1.83. The number of nitrogens with zero attached hydrogens (tertiary/aromatic N) is 2. The van der Waals surface area contributed by atoms with Gasteiger partial charge in [0.05, 0.1) is 17.6 Å². The van der Waals surface area contributed by atoms with Crippen LogP contribution in [0.15, 0.2) is 46.8 Å². The van der Waals surface area contributed by atoms with Gasteiger partial charge < -0.3 is 9.88 Å². The molecular formula is C14H13N3OS. The number of aryl methyl sites for hydroxylation is 1. The third-order valence-corrected chi connectivity index (χ3v) is 3.87. The summed E-state index contributed by atoms with van der Waals surface area (Å²) in [5.74, 6) is 0. The highest BCUT2D eigenvalue weighted by molar-refractivity contribution is 7.09. The molecule has 0 atom stereocenters. The van der Waals surface area contributed by atoms with Gasteiger partial charge in [-0.15, -0.1) is 11.3 Å². The van der Waals surface area contributed by atoms with E-state index in [9.17, 15) is 4.79 Å². The van der Waals surface area contributed by atoms with Gasteiger partial charge in [-0.1, -0.05) is 18.2 Å². The average molecular weight is 271 g/mol. The van der Waals surface area contributed by atoms with Crippen molar-refractivity contribution < 1.29 is 0 Å². The standard InChI is InChI=1S/C14H13N3OS/c1-17-13-5-3-2-4-11(13)12(6-14(17)18)16-8-10-7-15-9-19-10/h2-7,9,16H,8H2,1H3. The molecule has 19 heavy (non-hydrogen) atoms. The lowest BCUT2D eigenvalue weighted by atomic mass is 10.2. The fourth-order valence-electron chi connectivity index (χ4n) is 2.07. The summed E-state index contributed by atoms with van der Waals surface area (Å²) in [6, 6.07) is 9.53. The lowest BCUT2D eigenvalue weighted by molar-refractivity contribution is 0.906. The van der Waals surface area contributed by atoms with Gasteiger partial charge in [-0.2, -0.15) is 0 Å². The van der Waals surface area contributed by atoms with Gasteiger partial charge in [0.25, 0.3) is 5.56 Å². The smallest absolute Gasteiger partial charge is 0.252 e. The van der Waals surface area contributed by atoms with Gasteiger partial charge in [-0.3, -0.25) is 9.78 Å². The van der Waals surface area contributed by atoms with E-state index in [1.165, 1.54) is 0 Å². The molecule has 0 radical (unpaired) electrons. The molecule has 3 rings (SSSR count). The minimum atomic E-state index is -0.00879. The molecule has 0 aliphatic rings. The molecule has 0 amide bonds. The van der Waals surface area contributed by atoms with Crippen LogP contribution in [0.2, 0.25) is 0 Å². The van der Waals surface area contributed by atoms with Gasteiger partial charge in [-0.25, -0.2) is 0 Å². The van der Waals surface area contributed by atoms with Crippen LogP contribution in [0.5, 0.6) is 0 Å². The van der Waals surface area contributed by atoms with Crippen molar-refractivity contribution in [1.82, 2.24) is 9.55 Å². The lowest BCUT2D eigenvalue weighted by Gasteiger charge is -2.11. The van der Waals surface area contributed by atoms with Crippen LogP contribution >= 0.6 is 11.3 Å². The number of aromatic nitrogens is 2. The van der Waals surface area contributed by atoms with E-state index >= 15 is 0 Å². The van der Waals surface area contributed by atoms with E-state index in [4.69, 9.17) is 0 Å². The highest BCUT2D eigenvalue weighted by Crippen LogP contribution is 2.21. The highest BCUT2D eigenvalue weighted by Gasteiger charge is 2.06. The van der Waals surface area contributed by atoms with Crippen molar-refractivity contribution in [3.63, 3.8) is 0 Å². The van der Waals surface area contributed by atoms with Gasteiger partial charge in [-0.05, 0) is 6.07 Å². The fraction of sp³-hybridized carbons (Fsp3) is 0.143. The molecule has 96 valence electrons. The number of hydrogen-bond acceptors (Lipinski definition) is 4. The maximum absolute atomic E-state index is 11.9. The Bertz CT molecular complexity index is 762. The van der Waals surface area contributed by atoms with Crippen molar-refractivity contribution in [3.8, 4) is 0 Å². The molecule has 0 bridgehead atoms. The Morgan fingerprint density at radius 2 is 2.21 bits per heavy atom. The number of rotatable bonds is 3. The summed E-state index contributed by atoms with van der Waals surface area (Å²) in [5.41, 5.74) is 3.60. The first-order chi connectivity index (χ1) is 9.25. The van der Waals surface area contributed by atoms with Crippen LogP contribution in [0.1, 0.15) is 4.88 Å². The van der Waals surface area contributed by atoms with Gasteiger partial charge in [0.2, 0.25) is 0 Å². The third-order valence-electron chi connectivity index (χ3n) is 3.09. The SMILES string of the molecule is Cn1c(=O)cc(NCc2cncs2)c2ccccc21. The monoisotopic (exact) mass is 271 g/mol. The van der Waals surface area contributed by atoms with E-state index in [1.807, 2.05) is 30.5 Å². The zero-order valence-electron chi connectivity index (χ0n) is 10.5. The first-order valence-corrected chi connectivity index (χ1v) is 6.83. The maximum Gasteiger partial charge on any atom is 0.252 e. The minimum absolute atomic E-state index is 0.00879. The molecule has 2 heterocycles. The summed E-state index contributed by atoms with van der Waals surface area (Å²) in [5, 5.41) is 4.37. The van der Waals surface area contributed by atoms with Crippen molar-refractivity contribution >= 4 is 27.9 Å². The molecule has 4 nitrogen and oxygen atoms in total. The first-order valence-electron chi connectivity index (χ1n) is 5.96. The summed E-state index contributed by atoms with van der Waals surface area (Å²) in [6.45, 7) is 0.682. The Kier molecular flexibility index (Phi) is 3.05. The third kappa shape index (κ3) is 2.24. The number of anilines is 1. The summed E-state index contributed by atoms with van der Waals surface area (Å²) >= 11 is 1.60. The Hall–Kier alpha value is -2.14. The lowest BCUT2D eigenvalue weighted by Crippen LogP contribution is -2.17. The van der Waals surface area contributed by atoms with Crippen LogP contribution in [0, 0.1) is 0 Å². The van der Waals surface area contributed by atoms with Crippen LogP contribution in [0.25, 0.3) is 10.9 Å². The highest BCUT2D eigenvalue weighted by atomic mass is 32.1. The molecule has 1 aromatic carbocycles. The summed E-state index contributed by atoms with van der Waals surface area (Å²) in [7, 11) is 1.79. The van der Waals surface area contributed by atoms with E-state index in [-0.39, 0.29) is 5.56 Å². The zero-order chi connectivity index (χ0) is 13.2. The average Bonchev–Trinajstić information content (AvgIpc) is 2.95. The molecule has 2 aromatic heterocycles. The number of fused-ring (bicyclic) bond motifs is 1. The summed E-state index contributed by atoms with van der Waals surface area (Å²) < 4.78 is 1.66. The minimum Gasteiger partial charge on any atom is -0.379 e. The van der Waals surface area contributed by atoms with Crippen LogP contribution in [0.4, 0.5) is 5.69 Å². The topological polar surface area (TPSA) is 46.9 Å².